The van der Waals surface area contributed by atoms with E-state index in [1.54, 1.807) is 11.8 Å². The highest BCUT2D eigenvalue weighted by Gasteiger charge is 2.35. The number of ketones is 1. The molecule has 0 atom stereocenters. The minimum atomic E-state index is -0.367. The summed E-state index contributed by atoms with van der Waals surface area (Å²) in [6.45, 7) is 2.61. The van der Waals surface area contributed by atoms with Crippen molar-refractivity contribution in [2.45, 2.75) is 6.54 Å². The molecule has 9 heteroatoms. The molecule has 1 heterocycles. The first kappa shape index (κ1) is 20.1. The molecule has 1 aromatic heterocycles. The summed E-state index contributed by atoms with van der Waals surface area (Å²) >= 11 is 0. The van der Waals surface area contributed by atoms with Crippen molar-refractivity contribution in [3.05, 3.63) is 35.4 Å². The van der Waals surface area contributed by atoms with Crippen molar-refractivity contribution in [1.29, 1.82) is 0 Å². The second-order valence-electron chi connectivity index (χ2n) is 7.03. The molecule has 3 aromatic rings. The molecule has 0 saturated carbocycles. The molecule has 0 unspecified atom stereocenters. The highest BCUT2D eigenvalue weighted by atomic mass is 16.5. The standard InChI is InChI=1S/C21H24N4O5/c1-30-11-9-25-13-3-2-12(23-7-6-22-8-10-26)16-17(13)20(24-25)18-14(27)4-5-15(28)19(18)21(16)29/h2-5,22-23,26-28H,6-11H2,1H3. The molecule has 0 spiro atoms. The van der Waals surface area contributed by atoms with Gasteiger partial charge < -0.3 is 30.7 Å². The van der Waals surface area contributed by atoms with Crippen LogP contribution in [-0.4, -0.2) is 70.8 Å². The molecule has 5 N–H and O–H groups in total. The number of phenolic OH excluding ortho intramolecular Hbond substituents is 2. The topological polar surface area (TPSA) is 129 Å². The summed E-state index contributed by atoms with van der Waals surface area (Å²) in [6, 6.07) is 6.38. The number of aliphatic hydroxyl groups is 1. The first-order valence-electron chi connectivity index (χ1n) is 9.76. The number of aromatic hydroxyl groups is 2. The van der Waals surface area contributed by atoms with Gasteiger partial charge in [-0.2, -0.15) is 5.10 Å². The van der Waals surface area contributed by atoms with E-state index in [0.717, 1.165) is 5.52 Å². The first-order chi connectivity index (χ1) is 14.6. The summed E-state index contributed by atoms with van der Waals surface area (Å²) < 4.78 is 6.92. The molecule has 9 nitrogen and oxygen atoms in total. The zero-order chi connectivity index (χ0) is 21.3. The predicted molar refractivity (Wildman–Crippen MR) is 112 cm³/mol. The number of rotatable bonds is 9. The number of ether oxygens (including phenoxy) is 1. The molecule has 0 fully saturated rings. The van der Waals surface area contributed by atoms with E-state index >= 15 is 0 Å². The van der Waals surface area contributed by atoms with Gasteiger partial charge in [0.15, 0.2) is 5.78 Å². The van der Waals surface area contributed by atoms with E-state index in [1.807, 2.05) is 12.1 Å². The predicted octanol–water partition coefficient (Wildman–Crippen LogP) is 1.30. The van der Waals surface area contributed by atoms with Crippen LogP contribution in [0.3, 0.4) is 0 Å². The van der Waals surface area contributed by atoms with Crippen LogP contribution in [0.1, 0.15) is 15.9 Å². The van der Waals surface area contributed by atoms with E-state index < -0.39 is 0 Å². The van der Waals surface area contributed by atoms with Crippen molar-refractivity contribution in [1.82, 2.24) is 15.1 Å². The average Bonchev–Trinajstić information content (AvgIpc) is 3.11. The van der Waals surface area contributed by atoms with Crippen LogP contribution in [0.2, 0.25) is 0 Å². The molecule has 0 aliphatic heterocycles. The zero-order valence-corrected chi connectivity index (χ0v) is 16.6. The Labute approximate surface area is 172 Å². The van der Waals surface area contributed by atoms with Crippen LogP contribution in [-0.2, 0) is 11.3 Å². The smallest absolute Gasteiger partial charge is 0.200 e. The Kier molecular flexibility index (Phi) is 5.58. The Morgan fingerprint density at radius 3 is 2.53 bits per heavy atom. The summed E-state index contributed by atoms with van der Waals surface area (Å²) in [5, 5.41) is 41.4. The van der Waals surface area contributed by atoms with E-state index in [9.17, 15) is 15.0 Å². The molecule has 158 valence electrons. The average molecular weight is 412 g/mol. The maximum Gasteiger partial charge on any atom is 0.200 e. The van der Waals surface area contributed by atoms with Crippen molar-refractivity contribution in [2.75, 3.05) is 45.3 Å². The van der Waals surface area contributed by atoms with Crippen LogP contribution in [0, 0.1) is 0 Å². The summed E-state index contributed by atoms with van der Waals surface area (Å²) in [6.07, 6.45) is 0. The number of hydrogen-bond donors (Lipinski definition) is 5. The monoisotopic (exact) mass is 412 g/mol. The molecular formula is C21H24N4O5. The number of benzene rings is 2. The van der Waals surface area contributed by atoms with E-state index in [-0.39, 0.29) is 35.0 Å². The number of carbonyl (C=O) groups is 1. The van der Waals surface area contributed by atoms with Crippen molar-refractivity contribution >= 4 is 22.4 Å². The number of aromatic nitrogens is 2. The molecule has 0 saturated heterocycles. The first-order valence-corrected chi connectivity index (χ1v) is 9.76. The van der Waals surface area contributed by atoms with E-state index in [4.69, 9.17) is 9.84 Å². The van der Waals surface area contributed by atoms with E-state index in [0.29, 0.717) is 55.1 Å². The number of carbonyl (C=O) groups excluding carboxylic acids is 1. The van der Waals surface area contributed by atoms with Crippen molar-refractivity contribution in [2.24, 2.45) is 0 Å². The van der Waals surface area contributed by atoms with Gasteiger partial charge >= 0.3 is 0 Å². The fourth-order valence-electron chi connectivity index (χ4n) is 3.84. The maximum absolute atomic E-state index is 13.4. The van der Waals surface area contributed by atoms with Crippen LogP contribution >= 0.6 is 0 Å². The van der Waals surface area contributed by atoms with E-state index in [2.05, 4.69) is 15.7 Å². The van der Waals surface area contributed by atoms with Gasteiger partial charge in [0.25, 0.3) is 0 Å². The highest BCUT2D eigenvalue weighted by Crippen LogP contribution is 2.47. The van der Waals surface area contributed by atoms with Crippen LogP contribution in [0.4, 0.5) is 5.69 Å². The van der Waals surface area contributed by atoms with Gasteiger partial charge in [0.2, 0.25) is 0 Å². The molecule has 30 heavy (non-hydrogen) atoms. The Bertz CT molecular complexity index is 1110. The molecular weight excluding hydrogens is 388 g/mol. The molecule has 0 radical (unpaired) electrons. The molecule has 2 aromatic carbocycles. The number of nitrogens with zero attached hydrogens (tertiary/aromatic N) is 2. The van der Waals surface area contributed by atoms with Crippen LogP contribution in [0.25, 0.3) is 22.2 Å². The SMILES string of the molecule is COCCn1nc2c3c(c(NCCNCCO)ccc31)C(=O)c1c(O)ccc(O)c1-2. The lowest BCUT2D eigenvalue weighted by Gasteiger charge is -2.20. The summed E-state index contributed by atoms with van der Waals surface area (Å²) in [7, 11) is 1.60. The summed E-state index contributed by atoms with van der Waals surface area (Å²) in [5.41, 5.74) is 2.55. The minimum absolute atomic E-state index is 0.0495. The van der Waals surface area contributed by atoms with Crippen molar-refractivity contribution in [3.63, 3.8) is 0 Å². The van der Waals surface area contributed by atoms with Gasteiger partial charge in [0, 0.05) is 37.8 Å². The third kappa shape index (κ3) is 3.26. The Morgan fingerprint density at radius 2 is 1.80 bits per heavy atom. The lowest BCUT2D eigenvalue weighted by Crippen LogP contribution is -2.25. The van der Waals surface area contributed by atoms with Crippen molar-refractivity contribution in [3.8, 4) is 22.8 Å². The lowest BCUT2D eigenvalue weighted by atomic mass is 9.85. The van der Waals surface area contributed by atoms with Gasteiger partial charge in [-0.25, -0.2) is 0 Å². The number of phenols is 2. The number of fused-ring (bicyclic) bond motifs is 2. The quantitative estimate of drug-likeness (QED) is 0.206. The second kappa shape index (κ2) is 8.31. The molecule has 1 aliphatic rings. The third-order valence-electron chi connectivity index (χ3n) is 5.18. The van der Waals surface area contributed by atoms with Crippen LogP contribution < -0.4 is 10.6 Å². The summed E-state index contributed by atoms with van der Waals surface area (Å²) in [5.74, 6) is -0.669. The van der Waals surface area contributed by atoms with Gasteiger partial charge in [-0.3, -0.25) is 9.48 Å². The summed E-state index contributed by atoms with van der Waals surface area (Å²) in [4.78, 5) is 13.4. The fourth-order valence-corrected chi connectivity index (χ4v) is 3.84. The normalized spacial score (nSPS) is 12.4. The molecule has 0 bridgehead atoms. The van der Waals surface area contributed by atoms with Gasteiger partial charge in [-0.05, 0) is 24.3 Å². The number of anilines is 1. The van der Waals surface area contributed by atoms with Gasteiger partial charge in [0.05, 0.1) is 42.0 Å². The second-order valence-corrected chi connectivity index (χ2v) is 7.03. The zero-order valence-electron chi connectivity index (χ0n) is 16.6. The van der Waals surface area contributed by atoms with Gasteiger partial charge in [-0.1, -0.05) is 0 Å². The fraction of sp³-hybridized carbons (Fsp3) is 0.333. The number of methoxy groups -OCH3 is 1. The van der Waals surface area contributed by atoms with Gasteiger partial charge in [0.1, 0.15) is 17.2 Å². The van der Waals surface area contributed by atoms with Crippen LogP contribution in [0.15, 0.2) is 24.3 Å². The highest BCUT2D eigenvalue weighted by molar-refractivity contribution is 6.29. The molecule has 4 rings (SSSR count). The molecule has 0 amide bonds. The largest absolute Gasteiger partial charge is 0.507 e. The van der Waals surface area contributed by atoms with E-state index in [1.165, 1.54) is 12.1 Å². The lowest BCUT2D eigenvalue weighted by molar-refractivity contribution is 0.103. The number of hydrogen-bond acceptors (Lipinski definition) is 8. The minimum Gasteiger partial charge on any atom is -0.507 e. The maximum atomic E-state index is 13.4. The third-order valence-corrected chi connectivity index (χ3v) is 5.18. The molecule has 1 aliphatic carbocycles. The van der Waals surface area contributed by atoms with Crippen LogP contribution in [0.5, 0.6) is 11.5 Å². The number of nitrogens with one attached hydrogen (secondary N) is 2. The Morgan fingerprint density at radius 1 is 1.03 bits per heavy atom. The van der Waals surface area contributed by atoms with Gasteiger partial charge in [-0.15, -0.1) is 0 Å². The number of aliphatic hydroxyl groups excluding tert-OH is 1. The van der Waals surface area contributed by atoms with Crippen molar-refractivity contribution < 1.29 is 24.9 Å². The Balaban J connectivity index is 1.86. The Hall–Kier alpha value is -3.14.